The second kappa shape index (κ2) is 14.7. The summed E-state index contributed by atoms with van der Waals surface area (Å²) >= 11 is 0. The van der Waals surface area contributed by atoms with Crippen molar-refractivity contribution in [1.29, 1.82) is 0 Å². The zero-order valence-corrected chi connectivity index (χ0v) is 21.9. The van der Waals surface area contributed by atoms with Crippen molar-refractivity contribution < 1.29 is 57.2 Å². The molecule has 0 saturated heterocycles. The average molecular weight is 521 g/mol. The fraction of sp³-hybridized carbons (Fsp3) is 0.727. The third-order valence-corrected chi connectivity index (χ3v) is 3.71. The Labute approximate surface area is 209 Å². The van der Waals surface area contributed by atoms with Gasteiger partial charge in [-0.2, -0.15) is 0 Å². The summed E-state index contributed by atoms with van der Waals surface area (Å²) in [5.74, 6) is -3.59. The Balaban J connectivity index is 4.82. The number of methoxy groups -OCH3 is 2. The predicted octanol–water partition coefficient (Wildman–Crippen LogP) is 0.986. The monoisotopic (exact) mass is 520 g/mol. The van der Waals surface area contributed by atoms with E-state index in [0.717, 1.165) is 14.2 Å². The number of carbonyl (C=O) groups is 6. The number of nitrogens with one attached hydrogen (secondary N) is 2. The van der Waals surface area contributed by atoms with E-state index in [1.54, 1.807) is 41.5 Å². The van der Waals surface area contributed by atoms with Gasteiger partial charge in [-0.3, -0.25) is 9.59 Å². The molecule has 0 aromatic carbocycles. The number of rotatable bonds is 11. The van der Waals surface area contributed by atoms with Crippen molar-refractivity contribution in [3.63, 3.8) is 0 Å². The molecule has 2 amide bonds. The maximum Gasteiger partial charge on any atom is 0.408 e. The van der Waals surface area contributed by atoms with Crippen molar-refractivity contribution in [2.45, 2.75) is 77.7 Å². The first kappa shape index (κ1) is 32.4. The Bertz CT molecular complexity index is 798. The van der Waals surface area contributed by atoms with Crippen LogP contribution in [0.1, 0.15) is 54.4 Å². The molecule has 206 valence electrons. The fourth-order valence-electron chi connectivity index (χ4n) is 2.30. The summed E-state index contributed by atoms with van der Waals surface area (Å²) in [5.41, 5.74) is -1.68. The number of hydrogen-bond donors (Lipinski definition) is 2. The van der Waals surface area contributed by atoms with Gasteiger partial charge in [-0.1, -0.05) is 0 Å². The first-order chi connectivity index (χ1) is 16.5. The molecule has 0 rings (SSSR count). The molecule has 0 heterocycles. The van der Waals surface area contributed by atoms with Crippen LogP contribution in [-0.4, -0.2) is 86.8 Å². The van der Waals surface area contributed by atoms with E-state index in [-0.39, 0.29) is 0 Å². The molecule has 0 aromatic heterocycles. The summed E-state index contributed by atoms with van der Waals surface area (Å²) in [5, 5.41) is 4.44. The normalized spacial score (nSPS) is 12.8. The van der Waals surface area contributed by atoms with Crippen molar-refractivity contribution in [2.75, 3.05) is 27.4 Å². The van der Waals surface area contributed by atoms with Gasteiger partial charge in [0.25, 0.3) is 0 Å². The Hall–Kier alpha value is -3.58. The molecule has 0 aliphatic heterocycles. The summed E-state index contributed by atoms with van der Waals surface area (Å²) in [6.45, 7) is 8.85. The Morgan fingerprint density at radius 1 is 0.611 bits per heavy atom. The van der Waals surface area contributed by atoms with E-state index in [4.69, 9.17) is 18.9 Å². The smallest absolute Gasteiger partial charge is 0.408 e. The van der Waals surface area contributed by atoms with E-state index < -0.39 is 85.4 Å². The van der Waals surface area contributed by atoms with Gasteiger partial charge in [-0.15, -0.1) is 0 Å². The van der Waals surface area contributed by atoms with Crippen LogP contribution >= 0.6 is 0 Å². The van der Waals surface area contributed by atoms with Crippen LogP contribution in [0.5, 0.6) is 0 Å². The molecule has 0 bridgehead atoms. The minimum absolute atomic E-state index is 0.414. The van der Waals surface area contributed by atoms with Crippen LogP contribution in [0.15, 0.2) is 0 Å². The van der Waals surface area contributed by atoms with Crippen molar-refractivity contribution in [2.24, 2.45) is 0 Å². The number of carbonyl (C=O) groups excluding carboxylic acids is 6. The molecular weight excluding hydrogens is 484 g/mol. The lowest BCUT2D eigenvalue weighted by atomic mass is 10.2. The van der Waals surface area contributed by atoms with Gasteiger partial charge in [0.05, 0.1) is 27.1 Å². The quantitative estimate of drug-likeness (QED) is 0.224. The highest BCUT2D eigenvalue weighted by Gasteiger charge is 2.30. The number of amides is 2. The van der Waals surface area contributed by atoms with Crippen LogP contribution in [-0.2, 0) is 47.6 Å². The summed E-state index contributed by atoms with van der Waals surface area (Å²) in [4.78, 5) is 71.7. The molecule has 0 aliphatic carbocycles. The summed E-state index contributed by atoms with van der Waals surface area (Å²) in [7, 11) is 2.18. The van der Waals surface area contributed by atoms with Gasteiger partial charge in [-0.25, -0.2) is 19.2 Å². The molecule has 0 unspecified atom stereocenters. The third-order valence-electron chi connectivity index (χ3n) is 3.71. The van der Waals surface area contributed by atoms with E-state index in [1.165, 1.54) is 0 Å². The Morgan fingerprint density at radius 2 is 1.03 bits per heavy atom. The van der Waals surface area contributed by atoms with Crippen LogP contribution in [0.25, 0.3) is 0 Å². The third kappa shape index (κ3) is 15.3. The minimum Gasteiger partial charge on any atom is -0.469 e. The lowest BCUT2D eigenvalue weighted by Crippen LogP contribution is -2.46. The Morgan fingerprint density at radius 3 is 1.44 bits per heavy atom. The van der Waals surface area contributed by atoms with Crippen molar-refractivity contribution in [3.8, 4) is 0 Å². The van der Waals surface area contributed by atoms with E-state index in [2.05, 4.69) is 20.1 Å². The molecule has 2 N–H and O–H groups in total. The molecule has 14 nitrogen and oxygen atoms in total. The van der Waals surface area contributed by atoms with Crippen LogP contribution in [0, 0.1) is 0 Å². The highest BCUT2D eigenvalue weighted by molar-refractivity contribution is 5.87. The highest BCUT2D eigenvalue weighted by Crippen LogP contribution is 2.09. The molecule has 14 heteroatoms. The van der Waals surface area contributed by atoms with Crippen LogP contribution in [0.4, 0.5) is 9.59 Å². The van der Waals surface area contributed by atoms with E-state index in [1.807, 2.05) is 0 Å². The molecular formula is C22H36N2O12. The predicted molar refractivity (Wildman–Crippen MR) is 121 cm³/mol. The van der Waals surface area contributed by atoms with E-state index in [0.29, 0.717) is 0 Å². The summed E-state index contributed by atoms with van der Waals surface area (Å²) in [6.07, 6.45) is -2.99. The number of esters is 4. The minimum atomic E-state index is -1.41. The fourth-order valence-corrected chi connectivity index (χ4v) is 2.30. The maximum atomic E-state index is 12.3. The molecule has 0 saturated carbocycles. The molecule has 0 spiro atoms. The lowest BCUT2D eigenvalue weighted by molar-refractivity contribution is -0.157. The largest absolute Gasteiger partial charge is 0.469 e. The lowest BCUT2D eigenvalue weighted by Gasteiger charge is -2.22. The highest BCUT2D eigenvalue weighted by atomic mass is 16.6. The molecule has 36 heavy (non-hydrogen) atoms. The van der Waals surface area contributed by atoms with Crippen molar-refractivity contribution in [3.05, 3.63) is 0 Å². The standard InChI is InChI=1S/C22H36N2O12/c1-21(2,3)35-19(29)23-13(17(27)32-8)12-16(26)33-9-10-34-18(28)14(11-15(25)31-7)24-20(30)36-22(4,5)6/h13-14H,9-12H2,1-8H3,(H,23,29)(H,24,30)/t13-,14-/m0/s1. The average Bonchev–Trinajstić information content (AvgIpc) is 2.72. The number of alkyl carbamates (subject to hydrolysis) is 2. The molecule has 0 fully saturated rings. The van der Waals surface area contributed by atoms with E-state index >= 15 is 0 Å². The molecule has 0 aromatic rings. The van der Waals surface area contributed by atoms with Gasteiger partial charge < -0.3 is 39.1 Å². The van der Waals surface area contributed by atoms with Crippen LogP contribution in [0.2, 0.25) is 0 Å². The van der Waals surface area contributed by atoms with Crippen molar-refractivity contribution >= 4 is 36.1 Å². The topological polar surface area (TPSA) is 182 Å². The van der Waals surface area contributed by atoms with Crippen molar-refractivity contribution in [1.82, 2.24) is 10.6 Å². The molecule has 0 aliphatic rings. The van der Waals surface area contributed by atoms with Gasteiger partial charge in [0.1, 0.15) is 36.5 Å². The number of hydrogen-bond acceptors (Lipinski definition) is 12. The van der Waals surface area contributed by atoms with Gasteiger partial charge in [0.2, 0.25) is 0 Å². The first-order valence-corrected chi connectivity index (χ1v) is 10.9. The second-order valence-corrected chi connectivity index (χ2v) is 9.29. The van der Waals surface area contributed by atoms with Gasteiger partial charge >= 0.3 is 36.1 Å². The van der Waals surface area contributed by atoms with Crippen LogP contribution in [0.3, 0.4) is 0 Å². The SMILES string of the molecule is COC(=O)C[C@H](NC(=O)OC(C)(C)C)C(=O)OCCOC(=O)C[C@H](NC(=O)OC(C)(C)C)C(=O)OC. The van der Waals surface area contributed by atoms with Crippen LogP contribution < -0.4 is 10.6 Å². The number of ether oxygens (including phenoxy) is 6. The molecule has 0 radical (unpaired) electrons. The van der Waals surface area contributed by atoms with Gasteiger partial charge in [0, 0.05) is 0 Å². The first-order valence-electron chi connectivity index (χ1n) is 10.9. The van der Waals surface area contributed by atoms with Gasteiger partial charge in [0.15, 0.2) is 0 Å². The molecule has 2 atom stereocenters. The zero-order chi connectivity index (χ0) is 28.1. The van der Waals surface area contributed by atoms with Gasteiger partial charge in [-0.05, 0) is 41.5 Å². The maximum absolute atomic E-state index is 12.3. The van der Waals surface area contributed by atoms with E-state index in [9.17, 15) is 28.8 Å². The Kier molecular flexibility index (Phi) is 13.3. The summed E-state index contributed by atoms with van der Waals surface area (Å²) < 4.78 is 29.0. The zero-order valence-electron chi connectivity index (χ0n) is 21.9. The second-order valence-electron chi connectivity index (χ2n) is 9.29. The summed E-state index contributed by atoms with van der Waals surface area (Å²) in [6, 6.07) is -2.79.